The Morgan fingerprint density at radius 3 is 2.85 bits per heavy atom. The first kappa shape index (κ1) is 16.7. The largest absolute Gasteiger partial charge is 0.449 e. The van der Waals surface area contributed by atoms with Crippen molar-refractivity contribution < 1.29 is 14.3 Å². The van der Waals surface area contributed by atoms with Gasteiger partial charge in [0.25, 0.3) is 5.91 Å². The molecular weight excluding hydrogens is 344 g/mol. The monoisotopic (exact) mass is 360 g/mol. The number of carbonyl (C=O) groups is 2. The molecule has 0 aliphatic rings. The summed E-state index contributed by atoms with van der Waals surface area (Å²) in [5, 5.41) is 3.61. The summed E-state index contributed by atoms with van der Waals surface area (Å²) in [4.78, 5) is 33.2. The molecule has 0 bridgehead atoms. The molecule has 0 aliphatic heterocycles. The molecule has 1 unspecified atom stereocenters. The van der Waals surface area contributed by atoms with E-state index in [1.54, 1.807) is 59.5 Å². The number of ether oxygens (including phenoxy) is 1. The van der Waals surface area contributed by atoms with Crippen molar-refractivity contribution in [2.24, 2.45) is 0 Å². The van der Waals surface area contributed by atoms with Gasteiger partial charge in [-0.3, -0.25) is 9.78 Å². The van der Waals surface area contributed by atoms with Crippen LogP contribution in [0.1, 0.15) is 17.3 Å². The second-order valence-corrected chi connectivity index (χ2v) is 6.02. The number of esters is 1. The fraction of sp³-hybridized carbons (Fsp3) is 0.100. The first-order valence-corrected chi connectivity index (χ1v) is 8.40. The molecule has 0 saturated carbocycles. The van der Waals surface area contributed by atoms with E-state index in [2.05, 4.69) is 15.3 Å². The van der Waals surface area contributed by atoms with Crippen LogP contribution >= 0.6 is 0 Å². The number of benzene rings is 1. The predicted molar refractivity (Wildman–Crippen MR) is 100 cm³/mol. The summed E-state index contributed by atoms with van der Waals surface area (Å²) in [5.41, 5.74) is 2.35. The molecule has 0 aliphatic carbocycles. The van der Waals surface area contributed by atoms with Gasteiger partial charge in [0.2, 0.25) is 0 Å². The summed E-state index contributed by atoms with van der Waals surface area (Å²) in [5.74, 6) is -0.996. The van der Waals surface area contributed by atoms with Crippen LogP contribution in [-0.2, 0) is 9.53 Å². The number of aromatic nitrogens is 3. The third-order valence-corrected chi connectivity index (χ3v) is 4.19. The van der Waals surface area contributed by atoms with E-state index in [4.69, 9.17) is 4.74 Å². The zero-order valence-electron chi connectivity index (χ0n) is 14.5. The van der Waals surface area contributed by atoms with Gasteiger partial charge in [-0.05, 0) is 43.3 Å². The van der Waals surface area contributed by atoms with Crippen molar-refractivity contribution in [3.63, 3.8) is 0 Å². The Morgan fingerprint density at radius 1 is 1.07 bits per heavy atom. The Labute approximate surface area is 154 Å². The highest BCUT2D eigenvalue weighted by molar-refractivity contribution is 6.03. The lowest BCUT2D eigenvalue weighted by atomic mass is 10.2. The number of rotatable bonds is 4. The van der Waals surface area contributed by atoms with Crippen molar-refractivity contribution >= 4 is 34.1 Å². The van der Waals surface area contributed by atoms with Gasteiger partial charge in [0.05, 0.1) is 16.8 Å². The molecular formula is C20H16N4O3. The Morgan fingerprint density at radius 2 is 1.96 bits per heavy atom. The minimum atomic E-state index is -0.958. The van der Waals surface area contributed by atoms with Gasteiger partial charge in [0, 0.05) is 30.2 Å². The fourth-order valence-corrected chi connectivity index (χ4v) is 2.77. The van der Waals surface area contributed by atoms with E-state index in [0.717, 1.165) is 10.9 Å². The van der Waals surface area contributed by atoms with Crippen LogP contribution in [0.15, 0.2) is 67.3 Å². The van der Waals surface area contributed by atoms with Gasteiger partial charge >= 0.3 is 5.97 Å². The predicted octanol–water partition coefficient (Wildman–Crippen LogP) is 3.07. The maximum atomic E-state index is 12.5. The SMILES string of the molecule is CC(OC(=O)c1ccn2ccnc2c1)C(=O)Nc1cccc2ncccc12. The highest BCUT2D eigenvalue weighted by atomic mass is 16.5. The minimum absolute atomic E-state index is 0.336. The highest BCUT2D eigenvalue weighted by Crippen LogP contribution is 2.21. The van der Waals surface area contributed by atoms with Gasteiger partial charge in [-0.1, -0.05) is 6.07 Å². The number of hydrogen-bond donors (Lipinski definition) is 1. The average molecular weight is 360 g/mol. The summed E-state index contributed by atoms with van der Waals surface area (Å²) in [6.07, 6.45) is 5.86. The van der Waals surface area contributed by atoms with Gasteiger partial charge in [-0.15, -0.1) is 0 Å². The summed E-state index contributed by atoms with van der Waals surface area (Å²) in [6.45, 7) is 1.53. The molecule has 0 fully saturated rings. The summed E-state index contributed by atoms with van der Waals surface area (Å²) in [6, 6.07) is 12.4. The first-order valence-electron chi connectivity index (χ1n) is 8.40. The second kappa shape index (κ2) is 6.87. The van der Waals surface area contributed by atoms with E-state index in [1.807, 2.05) is 12.1 Å². The molecule has 1 N–H and O–H groups in total. The molecule has 4 aromatic rings. The van der Waals surface area contributed by atoms with Gasteiger partial charge < -0.3 is 14.5 Å². The maximum Gasteiger partial charge on any atom is 0.339 e. The standard InChI is InChI=1S/C20H16N4O3/c1-13(27-20(26)14-7-10-24-11-9-22-18(24)12-14)19(25)23-17-6-2-5-16-15(17)4-3-8-21-16/h2-13H,1H3,(H,23,25). The molecule has 0 saturated heterocycles. The summed E-state index contributed by atoms with van der Waals surface area (Å²) < 4.78 is 7.08. The van der Waals surface area contributed by atoms with Crippen LogP contribution < -0.4 is 5.32 Å². The van der Waals surface area contributed by atoms with E-state index >= 15 is 0 Å². The third kappa shape index (κ3) is 3.35. The molecule has 0 radical (unpaired) electrons. The number of hydrogen-bond acceptors (Lipinski definition) is 5. The first-order chi connectivity index (χ1) is 13.1. The van der Waals surface area contributed by atoms with E-state index in [0.29, 0.717) is 16.9 Å². The van der Waals surface area contributed by atoms with Crippen molar-refractivity contribution in [2.45, 2.75) is 13.0 Å². The van der Waals surface area contributed by atoms with Crippen LogP contribution in [-0.4, -0.2) is 32.3 Å². The van der Waals surface area contributed by atoms with Crippen molar-refractivity contribution in [3.8, 4) is 0 Å². The molecule has 0 spiro atoms. The number of carbonyl (C=O) groups excluding carboxylic acids is 2. The maximum absolute atomic E-state index is 12.5. The molecule has 4 rings (SSSR count). The van der Waals surface area contributed by atoms with Gasteiger partial charge in [0.15, 0.2) is 6.10 Å². The topological polar surface area (TPSA) is 85.6 Å². The fourth-order valence-electron chi connectivity index (χ4n) is 2.77. The van der Waals surface area contributed by atoms with E-state index in [-0.39, 0.29) is 0 Å². The molecule has 27 heavy (non-hydrogen) atoms. The third-order valence-electron chi connectivity index (χ3n) is 4.19. The number of imidazole rings is 1. The number of anilines is 1. The van der Waals surface area contributed by atoms with Crippen LogP contribution in [0.2, 0.25) is 0 Å². The molecule has 3 heterocycles. The van der Waals surface area contributed by atoms with Crippen LogP contribution in [0.5, 0.6) is 0 Å². The Balaban J connectivity index is 1.47. The molecule has 1 aromatic carbocycles. The smallest absolute Gasteiger partial charge is 0.339 e. The van der Waals surface area contributed by atoms with Gasteiger partial charge in [-0.25, -0.2) is 9.78 Å². The normalized spacial score (nSPS) is 12.0. The number of nitrogens with zero attached hydrogens (tertiary/aromatic N) is 3. The van der Waals surface area contributed by atoms with Crippen molar-refractivity contribution in [3.05, 3.63) is 72.8 Å². The Kier molecular flexibility index (Phi) is 4.25. The van der Waals surface area contributed by atoms with E-state index in [9.17, 15) is 9.59 Å². The van der Waals surface area contributed by atoms with Gasteiger partial charge in [0.1, 0.15) is 5.65 Å². The zero-order valence-corrected chi connectivity index (χ0v) is 14.5. The Hall–Kier alpha value is -3.74. The lowest BCUT2D eigenvalue weighted by Crippen LogP contribution is -2.30. The molecule has 3 aromatic heterocycles. The van der Waals surface area contributed by atoms with Crippen molar-refractivity contribution in [1.82, 2.24) is 14.4 Å². The number of nitrogens with one attached hydrogen (secondary N) is 1. The minimum Gasteiger partial charge on any atom is -0.449 e. The summed E-state index contributed by atoms with van der Waals surface area (Å²) >= 11 is 0. The second-order valence-electron chi connectivity index (χ2n) is 6.02. The van der Waals surface area contributed by atoms with Crippen molar-refractivity contribution in [1.29, 1.82) is 0 Å². The van der Waals surface area contributed by atoms with Crippen LogP contribution in [0.25, 0.3) is 16.6 Å². The van der Waals surface area contributed by atoms with Crippen LogP contribution in [0, 0.1) is 0 Å². The van der Waals surface area contributed by atoms with E-state index < -0.39 is 18.0 Å². The highest BCUT2D eigenvalue weighted by Gasteiger charge is 2.20. The molecule has 1 atom stereocenters. The molecule has 7 nitrogen and oxygen atoms in total. The summed E-state index contributed by atoms with van der Waals surface area (Å²) in [7, 11) is 0. The lowest BCUT2D eigenvalue weighted by Gasteiger charge is -2.14. The Bertz CT molecular complexity index is 1150. The molecule has 7 heteroatoms. The number of amides is 1. The molecule has 1 amide bonds. The number of pyridine rings is 2. The quantitative estimate of drug-likeness (QED) is 0.565. The van der Waals surface area contributed by atoms with E-state index in [1.165, 1.54) is 6.92 Å². The lowest BCUT2D eigenvalue weighted by molar-refractivity contribution is -0.123. The van der Waals surface area contributed by atoms with Crippen molar-refractivity contribution in [2.75, 3.05) is 5.32 Å². The van der Waals surface area contributed by atoms with Crippen LogP contribution in [0.3, 0.4) is 0 Å². The molecule has 134 valence electrons. The average Bonchev–Trinajstić information content (AvgIpc) is 3.16. The number of fused-ring (bicyclic) bond motifs is 2. The van der Waals surface area contributed by atoms with Crippen LogP contribution in [0.4, 0.5) is 5.69 Å². The van der Waals surface area contributed by atoms with Gasteiger partial charge in [-0.2, -0.15) is 0 Å². The zero-order chi connectivity index (χ0) is 18.8.